The third-order valence-corrected chi connectivity index (χ3v) is 4.13. The van der Waals surface area contributed by atoms with E-state index < -0.39 is 0 Å². The summed E-state index contributed by atoms with van der Waals surface area (Å²) in [5, 5.41) is 2.09. The molecule has 0 spiro atoms. The zero-order valence-corrected chi connectivity index (χ0v) is 11.7. The standard InChI is InChI=1S/C15H21NO3/c1-10(12-7-5-4-6-8-12)16-13-9-14(17-3)18-15(13)11(2)19-16/h4-8,10-11,13-15H,9H2,1-3H3/t10-,11+,13-,14?,15-/m0/s1. The lowest BCUT2D eigenvalue weighted by molar-refractivity contribution is -0.206. The molecule has 2 saturated heterocycles. The summed E-state index contributed by atoms with van der Waals surface area (Å²) < 4.78 is 11.2. The molecule has 104 valence electrons. The van der Waals surface area contributed by atoms with Gasteiger partial charge in [-0.2, -0.15) is 5.06 Å². The zero-order chi connectivity index (χ0) is 13.4. The molecule has 0 saturated carbocycles. The molecule has 0 aliphatic carbocycles. The maximum Gasteiger partial charge on any atom is 0.159 e. The first-order valence-electron chi connectivity index (χ1n) is 6.89. The van der Waals surface area contributed by atoms with Crippen molar-refractivity contribution in [3.63, 3.8) is 0 Å². The number of hydrogen-bond donors (Lipinski definition) is 0. The largest absolute Gasteiger partial charge is 0.356 e. The molecule has 0 radical (unpaired) electrons. The maximum atomic E-state index is 5.99. The molecule has 4 heteroatoms. The quantitative estimate of drug-likeness (QED) is 0.838. The Balaban J connectivity index is 1.78. The van der Waals surface area contributed by atoms with Gasteiger partial charge in [0.05, 0.1) is 12.1 Å². The van der Waals surface area contributed by atoms with Gasteiger partial charge in [-0.1, -0.05) is 30.3 Å². The van der Waals surface area contributed by atoms with Gasteiger partial charge in [0.2, 0.25) is 0 Å². The minimum atomic E-state index is -0.105. The van der Waals surface area contributed by atoms with Crippen molar-refractivity contribution in [1.82, 2.24) is 5.06 Å². The molecular formula is C15H21NO3. The first kappa shape index (κ1) is 13.1. The number of ether oxygens (including phenoxy) is 2. The van der Waals surface area contributed by atoms with Crippen LogP contribution in [-0.4, -0.2) is 36.7 Å². The molecule has 2 aliphatic heterocycles. The number of rotatable bonds is 3. The second kappa shape index (κ2) is 5.21. The summed E-state index contributed by atoms with van der Waals surface area (Å²) in [6, 6.07) is 10.9. The lowest BCUT2D eigenvalue weighted by atomic mass is 10.0. The van der Waals surface area contributed by atoms with Gasteiger partial charge in [0.25, 0.3) is 0 Å². The third-order valence-electron chi connectivity index (χ3n) is 4.13. The molecule has 4 nitrogen and oxygen atoms in total. The molecule has 3 rings (SSSR count). The topological polar surface area (TPSA) is 30.9 Å². The van der Waals surface area contributed by atoms with E-state index in [0.29, 0.717) is 0 Å². The van der Waals surface area contributed by atoms with Crippen molar-refractivity contribution in [2.45, 2.75) is 50.8 Å². The number of benzene rings is 1. The first-order chi connectivity index (χ1) is 9.20. The highest BCUT2D eigenvalue weighted by Crippen LogP contribution is 2.39. The summed E-state index contributed by atoms with van der Waals surface area (Å²) >= 11 is 0. The van der Waals surface area contributed by atoms with Gasteiger partial charge in [-0.05, 0) is 19.4 Å². The summed E-state index contributed by atoms with van der Waals surface area (Å²) in [5.74, 6) is 0. The highest BCUT2D eigenvalue weighted by molar-refractivity contribution is 5.18. The van der Waals surface area contributed by atoms with E-state index in [4.69, 9.17) is 14.3 Å². The second-order valence-corrected chi connectivity index (χ2v) is 5.33. The molecular weight excluding hydrogens is 242 g/mol. The van der Waals surface area contributed by atoms with Crippen molar-refractivity contribution in [2.24, 2.45) is 0 Å². The van der Waals surface area contributed by atoms with Crippen LogP contribution in [-0.2, 0) is 14.3 Å². The fraction of sp³-hybridized carbons (Fsp3) is 0.600. The lowest BCUT2D eigenvalue weighted by Crippen LogP contribution is -2.33. The molecule has 1 aromatic carbocycles. The van der Waals surface area contributed by atoms with Crippen LogP contribution >= 0.6 is 0 Å². The number of fused-ring (bicyclic) bond motifs is 1. The van der Waals surface area contributed by atoms with E-state index in [-0.39, 0.29) is 30.6 Å². The Morgan fingerprint density at radius 3 is 2.74 bits per heavy atom. The second-order valence-electron chi connectivity index (χ2n) is 5.33. The molecule has 0 N–H and O–H groups in total. The van der Waals surface area contributed by atoms with Crippen LogP contribution in [0.25, 0.3) is 0 Å². The summed E-state index contributed by atoms with van der Waals surface area (Å²) in [5.41, 5.74) is 1.26. The highest BCUT2D eigenvalue weighted by atomic mass is 16.7. The van der Waals surface area contributed by atoms with E-state index in [2.05, 4.69) is 43.2 Å². The SMILES string of the molecule is COC1C[C@H]2[C@@H](O1)[C@@H](C)ON2[C@@H](C)c1ccccc1. The molecule has 5 atom stereocenters. The van der Waals surface area contributed by atoms with Gasteiger partial charge in [0.1, 0.15) is 12.2 Å². The number of hydroxylamine groups is 2. The van der Waals surface area contributed by atoms with Gasteiger partial charge in [-0.25, -0.2) is 0 Å². The fourth-order valence-corrected chi connectivity index (χ4v) is 3.06. The Morgan fingerprint density at radius 2 is 2.05 bits per heavy atom. The molecule has 2 aliphatic rings. The van der Waals surface area contributed by atoms with Gasteiger partial charge in [-0.3, -0.25) is 4.84 Å². The van der Waals surface area contributed by atoms with Crippen molar-refractivity contribution in [2.75, 3.05) is 7.11 Å². The Morgan fingerprint density at radius 1 is 1.32 bits per heavy atom. The van der Waals surface area contributed by atoms with Crippen LogP contribution in [0.2, 0.25) is 0 Å². The van der Waals surface area contributed by atoms with E-state index in [1.165, 1.54) is 5.56 Å². The predicted octanol–water partition coefficient (Wildman–Crippen LogP) is 2.51. The van der Waals surface area contributed by atoms with Gasteiger partial charge in [-0.15, -0.1) is 0 Å². The monoisotopic (exact) mass is 263 g/mol. The summed E-state index contributed by atoms with van der Waals surface area (Å²) in [4.78, 5) is 5.99. The molecule has 1 aromatic rings. The molecule has 2 heterocycles. The predicted molar refractivity (Wildman–Crippen MR) is 71.3 cm³/mol. The third kappa shape index (κ3) is 2.30. The van der Waals surface area contributed by atoms with Gasteiger partial charge >= 0.3 is 0 Å². The van der Waals surface area contributed by atoms with E-state index in [1.807, 2.05) is 6.07 Å². The van der Waals surface area contributed by atoms with Crippen molar-refractivity contribution in [3.05, 3.63) is 35.9 Å². The van der Waals surface area contributed by atoms with Crippen molar-refractivity contribution >= 4 is 0 Å². The minimum absolute atomic E-state index is 0.0799. The fourth-order valence-electron chi connectivity index (χ4n) is 3.06. The highest BCUT2D eigenvalue weighted by Gasteiger charge is 2.50. The van der Waals surface area contributed by atoms with Crippen LogP contribution in [0.3, 0.4) is 0 Å². The summed E-state index contributed by atoms with van der Waals surface area (Å²) in [7, 11) is 1.70. The van der Waals surface area contributed by atoms with E-state index in [0.717, 1.165) is 6.42 Å². The average molecular weight is 263 g/mol. The Labute approximate surface area is 114 Å². The van der Waals surface area contributed by atoms with Crippen LogP contribution in [0.5, 0.6) is 0 Å². The Kier molecular flexibility index (Phi) is 3.58. The van der Waals surface area contributed by atoms with E-state index in [1.54, 1.807) is 7.11 Å². The lowest BCUT2D eigenvalue weighted by Gasteiger charge is -2.28. The molecule has 2 fully saturated rings. The smallest absolute Gasteiger partial charge is 0.159 e. The van der Waals surface area contributed by atoms with Gasteiger partial charge in [0.15, 0.2) is 6.29 Å². The van der Waals surface area contributed by atoms with E-state index >= 15 is 0 Å². The number of methoxy groups -OCH3 is 1. The van der Waals surface area contributed by atoms with Crippen molar-refractivity contribution in [1.29, 1.82) is 0 Å². The molecule has 0 bridgehead atoms. The van der Waals surface area contributed by atoms with Crippen LogP contribution in [0.15, 0.2) is 30.3 Å². The molecule has 1 unspecified atom stereocenters. The Hall–Kier alpha value is -0.940. The normalized spacial score (nSPS) is 36.4. The first-order valence-corrected chi connectivity index (χ1v) is 6.89. The molecule has 0 amide bonds. The summed E-state index contributed by atoms with van der Waals surface area (Å²) in [6.07, 6.45) is 0.946. The molecule has 0 aromatic heterocycles. The van der Waals surface area contributed by atoms with Gasteiger partial charge < -0.3 is 9.47 Å². The van der Waals surface area contributed by atoms with Crippen LogP contribution in [0, 0.1) is 0 Å². The molecule has 19 heavy (non-hydrogen) atoms. The van der Waals surface area contributed by atoms with Crippen LogP contribution in [0.1, 0.15) is 31.9 Å². The van der Waals surface area contributed by atoms with Crippen LogP contribution < -0.4 is 0 Å². The van der Waals surface area contributed by atoms with Crippen molar-refractivity contribution in [3.8, 4) is 0 Å². The van der Waals surface area contributed by atoms with E-state index in [9.17, 15) is 0 Å². The minimum Gasteiger partial charge on any atom is -0.356 e. The van der Waals surface area contributed by atoms with Crippen molar-refractivity contribution < 1.29 is 14.3 Å². The Bertz CT molecular complexity index is 425. The van der Waals surface area contributed by atoms with Gasteiger partial charge in [0, 0.05) is 13.5 Å². The average Bonchev–Trinajstić information content (AvgIpc) is 3.00. The van der Waals surface area contributed by atoms with Crippen LogP contribution in [0.4, 0.5) is 0 Å². The number of nitrogens with zero attached hydrogens (tertiary/aromatic N) is 1. The summed E-state index contributed by atoms with van der Waals surface area (Å²) in [6.45, 7) is 4.23. The maximum absolute atomic E-state index is 5.99. The number of hydrogen-bond acceptors (Lipinski definition) is 4. The zero-order valence-electron chi connectivity index (χ0n) is 11.7.